The molecule has 2 rings (SSSR count). The van der Waals surface area contributed by atoms with E-state index < -0.39 is 42.0 Å². The van der Waals surface area contributed by atoms with E-state index in [0.29, 0.717) is 5.92 Å². The van der Waals surface area contributed by atoms with Gasteiger partial charge in [0, 0.05) is 0 Å². The lowest BCUT2D eigenvalue weighted by atomic mass is 9.92. The number of aliphatic hydroxyl groups excluding tert-OH is 4. The Hall–Kier alpha value is -0.420. The van der Waals surface area contributed by atoms with E-state index in [2.05, 4.69) is 17.6 Å². The van der Waals surface area contributed by atoms with E-state index in [0.717, 1.165) is 25.8 Å². The summed E-state index contributed by atoms with van der Waals surface area (Å²) >= 11 is 1.19. The summed E-state index contributed by atoms with van der Waals surface area (Å²) < 4.78 is 5.69. The summed E-state index contributed by atoms with van der Waals surface area (Å²) in [7, 11) is 0. The van der Waals surface area contributed by atoms with Crippen LogP contribution in [0.3, 0.4) is 0 Å². The summed E-state index contributed by atoms with van der Waals surface area (Å²) in [6.07, 6.45) is -1.54. The van der Waals surface area contributed by atoms with Crippen LogP contribution in [0.4, 0.5) is 0 Å². The van der Waals surface area contributed by atoms with Crippen LogP contribution in [0.5, 0.6) is 0 Å². The Kier molecular flexibility index (Phi) is 8.14. The van der Waals surface area contributed by atoms with Crippen molar-refractivity contribution in [3.63, 3.8) is 0 Å². The number of carbonyl (C=O) groups is 1. The van der Waals surface area contributed by atoms with Crippen molar-refractivity contribution in [1.29, 1.82) is 0 Å². The summed E-state index contributed by atoms with van der Waals surface area (Å²) in [6, 6.07) is -1.25. The first-order valence-electron chi connectivity index (χ1n) is 9.24. The van der Waals surface area contributed by atoms with Crippen LogP contribution in [0.25, 0.3) is 0 Å². The van der Waals surface area contributed by atoms with E-state index in [1.54, 1.807) is 6.26 Å². The second kappa shape index (κ2) is 9.68. The minimum absolute atomic E-state index is 0.258. The minimum atomic E-state index is -1.42. The van der Waals surface area contributed by atoms with Gasteiger partial charge in [-0.3, -0.25) is 4.79 Å². The van der Waals surface area contributed by atoms with Gasteiger partial charge in [-0.05, 0) is 38.5 Å². The standard InChI is InChI=1S/C17H32N2O6S/c1-4-5-9-6-10(18-7-9)16(24)19-11(8(2)20)15-13(22)12(21)14(23)17(25-15)26-3/h8-15,17-18,20-23H,4-7H2,1-3H3,(H,19,24)/t8-,9-,10+,11-,12+,13-,14-,15-,17-/m1/s1. The Morgan fingerprint density at radius 3 is 2.58 bits per heavy atom. The van der Waals surface area contributed by atoms with Crippen molar-refractivity contribution in [2.45, 2.75) is 81.1 Å². The average molecular weight is 393 g/mol. The molecule has 2 heterocycles. The lowest BCUT2D eigenvalue weighted by molar-refractivity contribution is -0.211. The lowest BCUT2D eigenvalue weighted by Crippen LogP contribution is -2.65. The third kappa shape index (κ3) is 4.89. The first-order chi connectivity index (χ1) is 12.3. The van der Waals surface area contributed by atoms with E-state index in [1.165, 1.54) is 18.7 Å². The first-order valence-corrected chi connectivity index (χ1v) is 10.5. The Morgan fingerprint density at radius 2 is 2.00 bits per heavy atom. The molecule has 9 heteroatoms. The molecule has 0 saturated carbocycles. The number of hydrogen-bond acceptors (Lipinski definition) is 8. The molecule has 0 bridgehead atoms. The van der Waals surface area contributed by atoms with Crippen molar-refractivity contribution in [2.75, 3.05) is 12.8 Å². The molecular formula is C17H32N2O6S. The molecule has 0 aromatic rings. The van der Waals surface area contributed by atoms with Crippen LogP contribution >= 0.6 is 11.8 Å². The molecule has 0 aliphatic carbocycles. The SMILES string of the molecule is CCC[C@H]1CN[C@H](C(=O)N[C@@H]([C@H]2O[C@H](SC)[C@H](O)[C@@H](O)[C@H]2O)[C@@H](C)O)C1. The molecule has 1 amide bonds. The molecule has 2 aliphatic heterocycles. The molecule has 2 saturated heterocycles. The number of aliphatic hydroxyl groups is 4. The number of ether oxygens (including phenoxy) is 1. The summed E-state index contributed by atoms with van der Waals surface area (Å²) in [4.78, 5) is 12.6. The largest absolute Gasteiger partial charge is 0.391 e. The van der Waals surface area contributed by atoms with Crippen molar-refractivity contribution in [3.05, 3.63) is 0 Å². The van der Waals surface area contributed by atoms with E-state index >= 15 is 0 Å². The van der Waals surface area contributed by atoms with Crippen LogP contribution in [0.15, 0.2) is 0 Å². The lowest BCUT2D eigenvalue weighted by Gasteiger charge is -2.44. The molecule has 0 spiro atoms. The molecule has 8 nitrogen and oxygen atoms in total. The molecule has 9 atom stereocenters. The van der Waals surface area contributed by atoms with Crippen LogP contribution in [-0.2, 0) is 9.53 Å². The van der Waals surface area contributed by atoms with Gasteiger partial charge in [-0.1, -0.05) is 13.3 Å². The van der Waals surface area contributed by atoms with E-state index in [4.69, 9.17) is 4.74 Å². The normalized spacial score (nSPS) is 40.2. The molecule has 0 unspecified atom stereocenters. The van der Waals surface area contributed by atoms with Crippen molar-refractivity contribution >= 4 is 17.7 Å². The third-order valence-corrected chi connectivity index (χ3v) is 6.11. The van der Waals surface area contributed by atoms with Crippen LogP contribution in [-0.4, -0.2) is 87.2 Å². The van der Waals surface area contributed by atoms with Gasteiger partial charge in [-0.25, -0.2) is 0 Å². The maximum absolute atomic E-state index is 12.6. The average Bonchev–Trinajstić information content (AvgIpc) is 3.07. The van der Waals surface area contributed by atoms with E-state index in [1.807, 2.05) is 0 Å². The highest BCUT2D eigenvalue weighted by Crippen LogP contribution is 2.29. The highest BCUT2D eigenvalue weighted by atomic mass is 32.2. The maximum Gasteiger partial charge on any atom is 0.237 e. The molecule has 2 aliphatic rings. The van der Waals surface area contributed by atoms with Crippen molar-refractivity contribution in [3.8, 4) is 0 Å². The highest BCUT2D eigenvalue weighted by Gasteiger charge is 2.48. The number of carbonyl (C=O) groups excluding carboxylic acids is 1. The zero-order valence-electron chi connectivity index (χ0n) is 15.5. The molecule has 0 radical (unpaired) electrons. The summed E-state index contributed by atoms with van der Waals surface area (Å²) in [5.74, 6) is 0.196. The Labute approximate surface area is 158 Å². The number of amides is 1. The van der Waals surface area contributed by atoms with Crippen LogP contribution in [0.2, 0.25) is 0 Å². The predicted molar refractivity (Wildman–Crippen MR) is 98.6 cm³/mol. The number of hydrogen-bond donors (Lipinski definition) is 6. The van der Waals surface area contributed by atoms with Gasteiger partial charge in [0.05, 0.1) is 18.2 Å². The van der Waals surface area contributed by atoms with Gasteiger partial charge < -0.3 is 35.8 Å². The quantitative estimate of drug-likeness (QED) is 0.319. The smallest absolute Gasteiger partial charge is 0.237 e. The molecule has 2 fully saturated rings. The van der Waals surface area contributed by atoms with Gasteiger partial charge in [-0.15, -0.1) is 11.8 Å². The summed E-state index contributed by atoms with van der Waals surface area (Å²) in [6.45, 7) is 4.39. The fraction of sp³-hybridized carbons (Fsp3) is 0.941. The fourth-order valence-electron chi connectivity index (χ4n) is 3.74. The second-order valence-corrected chi connectivity index (χ2v) is 8.24. The first kappa shape index (κ1) is 21.9. The monoisotopic (exact) mass is 392 g/mol. The van der Waals surface area contributed by atoms with Crippen LogP contribution < -0.4 is 10.6 Å². The van der Waals surface area contributed by atoms with Gasteiger partial charge in [0.1, 0.15) is 29.9 Å². The minimum Gasteiger partial charge on any atom is -0.391 e. The Bertz CT molecular complexity index is 467. The zero-order valence-corrected chi connectivity index (χ0v) is 16.4. The van der Waals surface area contributed by atoms with Gasteiger partial charge in [0.25, 0.3) is 0 Å². The van der Waals surface area contributed by atoms with E-state index in [-0.39, 0.29) is 11.9 Å². The highest BCUT2D eigenvalue weighted by molar-refractivity contribution is 7.99. The summed E-state index contributed by atoms with van der Waals surface area (Å²) in [5, 5.41) is 46.5. The van der Waals surface area contributed by atoms with Gasteiger partial charge in [0.15, 0.2) is 0 Å². The van der Waals surface area contributed by atoms with Crippen molar-refractivity contribution in [1.82, 2.24) is 10.6 Å². The van der Waals surface area contributed by atoms with Gasteiger partial charge in [0.2, 0.25) is 5.91 Å². The number of nitrogens with one attached hydrogen (secondary N) is 2. The van der Waals surface area contributed by atoms with Gasteiger partial charge in [-0.2, -0.15) is 0 Å². The van der Waals surface area contributed by atoms with E-state index in [9.17, 15) is 25.2 Å². The molecular weight excluding hydrogens is 360 g/mol. The number of rotatable bonds is 7. The second-order valence-electron chi connectivity index (χ2n) is 7.30. The molecule has 152 valence electrons. The van der Waals surface area contributed by atoms with Crippen LogP contribution in [0, 0.1) is 5.92 Å². The molecule has 0 aromatic carbocycles. The molecule has 6 N–H and O–H groups in total. The van der Waals surface area contributed by atoms with Crippen LogP contribution in [0.1, 0.15) is 33.1 Å². The van der Waals surface area contributed by atoms with Crippen molar-refractivity contribution < 1.29 is 30.0 Å². The Balaban J connectivity index is 2.05. The fourth-order valence-corrected chi connectivity index (χ4v) is 4.42. The predicted octanol–water partition coefficient (Wildman–Crippen LogP) is -1.20. The van der Waals surface area contributed by atoms with Gasteiger partial charge >= 0.3 is 0 Å². The zero-order chi connectivity index (χ0) is 19.4. The van der Waals surface area contributed by atoms with Crippen molar-refractivity contribution in [2.24, 2.45) is 5.92 Å². The third-order valence-electron chi connectivity index (χ3n) is 5.26. The maximum atomic E-state index is 12.6. The topological polar surface area (TPSA) is 131 Å². The molecule has 0 aromatic heterocycles. The molecule has 26 heavy (non-hydrogen) atoms. The summed E-state index contributed by atoms with van der Waals surface area (Å²) in [5.41, 5.74) is -0.755. The number of thioether (sulfide) groups is 1. The Morgan fingerprint density at radius 1 is 1.31 bits per heavy atom.